The number of nitrogens with zero attached hydrogens (tertiary/aromatic N) is 7. The van der Waals surface area contributed by atoms with E-state index in [1.54, 1.807) is 16.8 Å². The van der Waals surface area contributed by atoms with Crippen molar-refractivity contribution in [2.45, 2.75) is 57.0 Å². The lowest BCUT2D eigenvalue weighted by atomic mass is 9.94. The molecule has 2 aliphatic rings. The van der Waals surface area contributed by atoms with Crippen LogP contribution in [0.25, 0.3) is 0 Å². The summed E-state index contributed by atoms with van der Waals surface area (Å²) < 4.78 is 46.9. The van der Waals surface area contributed by atoms with Gasteiger partial charge < -0.3 is 25.0 Å². The molecule has 0 radical (unpaired) electrons. The maximum Gasteiger partial charge on any atom is 0.324 e. The maximum atomic E-state index is 14.3. The molecule has 0 aliphatic carbocycles. The Morgan fingerprint density at radius 3 is 2.30 bits per heavy atom. The molecule has 214 valence electrons. The van der Waals surface area contributed by atoms with Gasteiger partial charge in [0.2, 0.25) is 5.95 Å². The number of hydrogen-bond acceptors (Lipinski definition) is 9. The first kappa shape index (κ1) is 27.8. The predicted octanol–water partition coefficient (Wildman–Crippen LogP) is 3.25. The molecule has 13 heteroatoms. The SMILES string of the molecule is CN(C(=O)c1cnc(N2C[C@H](c3cc(F)c(F)cc3F)[C@@H](N)C2)nc1)C1CCN(c2nc(C(C)(C)C)no2)CC1. The molecule has 1 amide bonds. The van der Waals surface area contributed by atoms with Crippen molar-refractivity contribution in [3.63, 3.8) is 0 Å². The van der Waals surface area contributed by atoms with E-state index in [-0.39, 0.29) is 29.5 Å². The number of anilines is 2. The van der Waals surface area contributed by atoms with Gasteiger partial charge in [-0.05, 0) is 24.5 Å². The van der Waals surface area contributed by atoms with Gasteiger partial charge in [0.25, 0.3) is 5.91 Å². The van der Waals surface area contributed by atoms with Gasteiger partial charge in [0.05, 0.1) is 5.56 Å². The third-order valence-electron chi connectivity index (χ3n) is 7.66. The summed E-state index contributed by atoms with van der Waals surface area (Å²) in [5.74, 6) is -3.00. The molecule has 40 heavy (non-hydrogen) atoms. The van der Waals surface area contributed by atoms with Crippen molar-refractivity contribution < 1.29 is 22.5 Å². The Bertz CT molecular complexity index is 1370. The van der Waals surface area contributed by atoms with Crippen molar-refractivity contribution in [2.24, 2.45) is 5.73 Å². The molecule has 0 saturated carbocycles. The lowest BCUT2D eigenvalue weighted by Gasteiger charge is -2.35. The molecular weight excluding hydrogens is 525 g/mol. The highest BCUT2D eigenvalue weighted by Gasteiger charge is 2.35. The molecule has 2 saturated heterocycles. The van der Waals surface area contributed by atoms with Gasteiger partial charge in [0.1, 0.15) is 5.82 Å². The maximum absolute atomic E-state index is 14.3. The van der Waals surface area contributed by atoms with Gasteiger partial charge in [0, 0.05) is 75.1 Å². The molecule has 1 aromatic carbocycles. The van der Waals surface area contributed by atoms with E-state index in [1.807, 2.05) is 25.7 Å². The van der Waals surface area contributed by atoms with E-state index < -0.39 is 29.4 Å². The van der Waals surface area contributed by atoms with E-state index >= 15 is 0 Å². The molecule has 4 heterocycles. The number of hydrogen-bond donors (Lipinski definition) is 1. The second-order valence-corrected chi connectivity index (χ2v) is 11.5. The first-order chi connectivity index (χ1) is 18.9. The molecule has 0 unspecified atom stereocenters. The monoisotopic (exact) mass is 558 g/mol. The van der Waals surface area contributed by atoms with Crippen molar-refractivity contribution in [3.8, 4) is 0 Å². The molecule has 0 bridgehead atoms. The van der Waals surface area contributed by atoms with E-state index in [9.17, 15) is 18.0 Å². The van der Waals surface area contributed by atoms with E-state index in [2.05, 4.69) is 20.1 Å². The number of carbonyl (C=O) groups is 1. The fourth-order valence-electron chi connectivity index (χ4n) is 5.20. The van der Waals surface area contributed by atoms with Crippen LogP contribution in [0.1, 0.15) is 61.3 Å². The second kappa shape index (κ2) is 10.7. The van der Waals surface area contributed by atoms with Gasteiger partial charge in [-0.3, -0.25) is 4.79 Å². The van der Waals surface area contributed by atoms with Crippen LogP contribution in [-0.2, 0) is 5.41 Å². The van der Waals surface area contributed by atoms with Crippen LogP contribution in [0.15, 0.2) is 29.0 Å². The van der Waals surface area contributed by atoms with E-state index in [4.69, 9.17) is 10.3 Å². The van der Waals surface area contributed by atoms with Crippen LogP contribution in [0, 0.1) is 17.5 Å². The lowest BCUT2D eigenvalue weighted by molar-refractivity contribution is 0.0707. The summed E-state index contributed by atoms with van der Waals surface area (Å²) in [6.07, 6.45) is 4.39. The third-order valence-corrected chi connectivity index (χ3v) is 7.66. The number of aromatic nitrogens is 4. The fourth-order valence-corrected chi connectivity index (χ4v) is 5.20. The summed E-state index contributed by atoms with van der Waals surface area (Å²) in [5.41, 5.74) is 6.36. The quantitative estimate of drug-likeness (QED) is 0.471. The third kappa shape index (κ3) is 5.47. The topological polar surface area (TPSA) is 118 Å². The number of nitrogens with two attached hydrogens (primary N) is 1. The van der Waals surface area contributed by atoms with Crippen molar-refractivity contribution in [1.82, 2.24) is 25.0 Å². The Morgan fingerprint density at radius 1 is 1.02 bits per heavy atom. The number of piperidine rings is 1. The summed E-state index contributed by atoms with van der Waals surface area (Å²) in [7, 11) is 1.77. The zero-order chi connectivity index (χ0) is 28.8. The van der Waals surface area contributed by atoms with E-state index in [0.717, 1.165) is 18.9 Å². The number of rotatable bonds is 5. The Morgan fingerprint density at radius 2 is 1.68 bits per heavy atom. The fraction of sp³-hybridized carbons (Fsp3) is 0.519. The van der Waals surface area contributed by atoms with Crippen LogP contribution < -0.4 is 15.5 Å². The first-order valence-electron chi connectivity index (χ1n) is 13.3. The highest BCUT2D eigenvalue weighted by atomic mass is 19.2. The largest absolute Gasteiger partial charge is 0.339 e. The molecule has 2 fully saturated rings. The minimum absolute atomic E-state index is 0.0158. The smallest absolute Gasteiger partial charge is 0.324 e. The van der Waals surface area contributed by atoms with Gasteiger partial charge in [-0.1, -0.05) is 25.9 Å². The Kier molecular flexibility index (Phi) is 7.42. The number of halogens is 3. The van der Waals surface area contributed by atoms with Crippen LogP contribution in [0.4, 0.5) is 25.1 Å². The van der Waals surface area contributed by atoms with E-state index in [0.29, 0.717) is 49.1 Å². The zero-order valence-corrected chi connectivity index (χ0v) is 22.9. The average molecular weight is 559 g/mol. The molecule has 5 rings (SSSR count). The summed E-state index contributed by atoms with van der Waals surface area (Å²) in [5, 5.41) is 4.09. The Hall–Kier alpha value is -3.74. The molecular formula is C27H33F3N8O2. The standard InChI is InChI=1S/C27H33F3N8O2/c1-27(2,3)24-34-26(40-35-24)37-7-5-16(6-8-37)36(4)23(39)15-11-32-25(33-12-15)38-13-18(22(31)14-38)17-9-20(29)21(30)10-19(17)28/h9-12,16,18,22H,5-8,13-14,31H2,1-4H3/t18-,22+/m1/s1. The van der Waals surface area contributed by atoms with Gasteiger partial charge in [-0.15, -0.1) is 0 Å². The van der Waals surface area contributed by atoms with Crippen LogP contribution in [-0.4, -0.2) is 76.2 Å². The minimum Gasteiger partial charge on any atom is -0.339 e. The number of amides is 1. The lowest BCUT2D eigenvalue weighted by Crippen LogP contribution is -2.45. The predicted molar refractivity (Wildman–Crippen MR) is 142 cm³/mol. The Labute approximate surface area is 230 Å². The first-order valence-corrected chi connectivity index (χ1v) is 13.3. The molecule has 2 aliphatic heterocycles. The van der Waals surface area contributed by atoms with Crippen LogP contribution in [0.2, 0.25) is 0 Å². The minimum atomic E-state index is -1.25. The average Bonchev–Trinajstić information content (AvgIpc) is 3.58. The van der Waals surface area contributed by atoms with Crippen LogP contribution >= 0.6 is 0 Å². The van der Waals surface area contributed by atoms with E-state index in [1.165, 1.54) is 12.4 Å². The molecule has 2 atom stereocenters. The Balaban J connectivity index is 1.19. The molecule has 0 spiro atoms. The van der Waals surface area contributed by atoms with Crippen LogP contribution in [0.3, 0.4) is 0 Å². The van der Waals surface area contributed by atoms with Crippen molar-refractivity contribution in [2.75, 3.05) is 43.0 Å². The molecule has 3 aromatic rings. The van der Waals surface area contributed by atoms with Gasteiger partial charge in [0.15, 0.2) is 17.5 Å². The molecule has 10 nitrogen and oxygen atoms in total. The highest BCUT2D eigenvalue weighted by Crippen LogP contribution is 2.31. The van der Waals surface area contributed by atoms with Gasteiger partial charge >= 0.3 is 6.01 Å². The number of carbonyl (C=O) groups excluding carboxylic acids is 1. The second-order valence-electron chi connectivity index (χ2n) is 11.5. The molecule has 2 N–H and O–H groups in total. The summed E-state index contributed by atoms with van der Waals surface area (Å²) >= 11 is 0. The summed E-state index contributed by atoms with van der Waals surface area (Å²) in [6.45, 7) is 7.96. The zero-order valence-electron chi connectivity index (χ0n) is 22.9. The normalized spacial score (nSPS) is 20.3. The van der Waals surface area contributed by atoms with Crippen molar-refractivity contribution in [3.05, 3.63) is 58.9 Å². The van der Waals surface area contributed by atoms with Crippen LogP contribution in [0.5, 0.6) is 0 Å². The van der Waals surface area contributed by atoms with Crippen molar-refractivity contribution >= 4 is 17.9 Å². The van der Waals surface area contributed by atoms with Gasteiger partial charge in [-0.2, -0.15) is 4.98 Å². The summed E-state index contributed by atoms with van der Waals surface area (Å²) in [4.78, 5) is 31.9. The summed E-state index contributed by atoms with van der Waals surface area (Å²) in [6, 6.07) is 1.38. The van der Waals surface area contributed by atoms with Crippen molar-refractivity contribution in [1.29, 1.82) is 0 Å². The van der Waals surface area contributed by atoms with Gasteiger partial charge in [-0.25, -0.2) is 23.1 Å². The number of benzene rings is 1. The molecule has 2 aromatic heterocycles. The highest BCUT2D eigenvalue weighted by molar-refractivity contribution is 5.93.